The van der Waals surface area contributed by atoms with Crippen LogP contribution in [0.15, 0.2) is 51.0 Å². The number of hydrogen-bond donors (Lipinski definition) is 1. The molecular weight excluding hydrogens is 418 g/mol. The van der Waals surface area contributed by atoms with E-state index < -0.39 is 43.9 Å². The summed E-state index contributed by atoms with van der Waals surface area (Å²) in [7, 11) is -4.24. The van der Waals surface area contributed by atoms with Crippen LogP contribution in [0.5, 0.6) is 0 Å². The largest absolute Gasteiger partial charge is 0.416 e. The van der Waals surface area contributed by atoms with Crippen molar-refractivity contribution in [2.75, 3.05) is 5.32 Å². The summed E-state index contributed by atoms with van der Waals surface area (Å²) in [6, 6.07) is 4.65. The Morgan fingerprint density at radius 1 is 1.07 bits per heavy atom. The van der Waals surface area contributed by atoms with Gasteiger partial charge in [-0.1, -0.05) is 6.07 Å². The molecule has 2 rings (SSSR count). The number of nitriles is 1. The number of nitrogens with one attached hydrogen (secondary N) is 1. The normalized spacial score (nSPS) is 13.3. The predicted molar refractivity (Wildman–Crippen MR) is 85.3 cm³/mol. The van der Waals surface area contributed by atoms with Gasteiger partial charge in [0.05, 0.1) is 11.1 Å². The lowest BCUT2D eigenvalue weighted by molar-refractivity contribution is -0.143. The summed E-state index contributed by atoms with van der Waals surface area (Å²) in [6.07, 6.45) is -9.56. The van der Waals surface area contributed by atoms with Gasteiger partial charge >= 0.3 is 12.4 Å². The third-order valence-electron chi connectivity index (χ3n) is 3.12. The molecule has 1 N–H and O–H groups in total. The zero-order chi connectivity index (χ0) is 20.5. The SMILES string of the molecule is N#C/C(=C/Nc1cc(C(F)(F)F)cc(C(F)(F)F)c1)S(=O)(=O)c1cccs1. The second kappa shape index (κ2) is 7.24. The molecule has 1 heterocycles. The van der Waals surface area contributed by atoms with Gasteiger partial charge in [-0.05, 0) is 29.6 Å². The first kappa shape index (κ1) is 20.8. The van der Waals surface area contributed by atoms with Crippen molar-refractivity contribution in [3.8, 4) is 6.07 Å². The van der Waals surface area contributed by atoms with E-state index in [1.807, 2.05) is 5.32 Å². The van der Waals surface area contributed by atoms with Gasteiger partial charge in [0.1, 0.15) is 10.3 Å². The molecule has 0 saturated heterocycles. The summed E-state index contributed by atoms with van der Waals surface area (Å²) >= 11 is 0.802. The lowest BCUT2D eigenvalue weighted by Crippen LogP contribution is -2.12. The molecule has 0 aliphatic rings. The minimum atomic E-state index is -5.05. The maximum Gasteiger partial charge on any atom is 0.416 e. The Morgan fingerprint density at radius 2 is 1.63 bits per heavy atom. The number of rotatable bonds is 4. The minimum Gasteiger partial charge on any atom is -0.360 e. The van der Waals surface area contributed by atoms with Gasteiger partial charge < -0.3 is 5.32 Å². The van der Waals surface area contributed by atoms with Crippen LogP contribution in [-0.4, -0.2) is 8.42 Å². The molecule has 0 saturated carbocycles. The van der Waals surface area contributed by atoms with Crippen molar-refractivity contribution in [3.63, 3.8) is 0 Å². The van der Waals surface area contributed by atoms with Gasteiger partial charge in [-0.15, -0.1) is 11.3 Å². The third-order valence-corrected chi connectivity index (χ3v) is 6.18. The molecule has 27 heavy (non-hydrogen) atoms. The fraction of sp³-hybridized carbons (Fsp3) is 0.133. The molecule has 0 fully saturated rings. The number of alkyl halides is 6. The number of nitrogens with zero attached hydrogens (tertiary/aromatic N) is 1. The Hall–Kier alpha value is -2.52. The quantitative estimate of drug-likeness (QED) is 0.550. The molecule has 0 spiro atoms. The summed E-state index contributed by atoms with van der Waals surface area (Å²) < 4.78 is 101. The van der Waals surface area contributed by atoms with E-state index >= 15 is 0 Å². The Balaban J connectivity index is 2.47. The lowest BCUT2D eigenvalue weighted by Gasteiger charge is -2.14. The number of sulfone groups is 1. The van der Waals surface area contributed by atoms with Gasteiger partial charge in [0, 0.05) is 11.9 Å². The summed E-state index contributed by atoms with van der Waals surface area (Å²) in [5.74, 6) is 0. The number of hydrogen-bond acceptors (Lipinski definition) is 5. The molecule has 0 atom stereocenters. The minimum absolute atomic E-state index is 0.0670. The Bertz CT molecular complexity index is 968. The monoisotopic (exact) mass is 426 g/mol. The second-order valence-electron chi connectivity index (χ2n) is 4.99. The number of benzene rings is 1. The van der Waals surface area contributed by atoms with E-state index in [0.29, 0.717) is 18.3 Å². The Morgan fingerprint density at radius 3 is 2.04 bits per heavy atom. The fourth-order valence-corrected chi connectivity index (χ4v) is 4.08. The van der Waals surface area contributed by atoms with Crippen LogP contribution < -0.4 is 5.32 Å². The first-order chi connectivity index (χ1) is 12.4. The van der Waals surface area contributed by atoms with E-state index in [1.54, 1.807) is 0 Å². The zero-order valence-electron chi connectivity index (χ0n) is 12.9. The second-order valence-corrected chi connectivity index (χ2v) is 8.09. The van der Waals surface area contributed by atoms with Crippen LogP contribution in [0, 0.1) is 11.3 Å². The van der Waals surface area contributed by atoms with Crippen molar-refractivity contribution in [1.29, 1.82) is 5.26 Å². The van der Waals surface area contributed by atoms with E-state index in [2.05, 4.69) is 0 Å². The van der Waals surface area contributed by atoms with Gasteiger partial charge in [0.25, 0.3) is 0 Å². The van der Waals surface area contributed by atoms with Gasteiger partial charge in [0.15, 0.2) is 4.91 Å². The molecule has 0 bridgehead atoms. The Kier molecular flexibility index (Phi) is 5.58. The van der Waals surface area contributed by atoms with Crippen molar-refractivity contribution >= 4 is 26.9 Å². The first-order valence-corrected chi connectivity index (χ1v) is 9.17. The zero-order valence-corrected chi connectivity index (χ0v) is 14.5. The summed E-state index contributed by atoms with van der Waals surface area (Å²) in [5, 5.41) is 12.5. The van der Waals surface area contributed by atoms with Crippen molar-refractivity contribution < 1.29 is 34.8 Å². The Labute approximate surface area is 153 Å². The maximum absolute atomic E-state index is 12.8. The van der Waals surface area contributed by atoms with Gasteiger partial charge in [-0.3, -0.25) is 0 Å². The molecule has 0 unspecified atom stereocenters. The summed E-state index contributed by atoms with van der Waals surface area (Å²) in [4.78, 5) is -0.865. The highest BCUT2D eigenvalue weighted by Crippen LogP contribution is 2.37. The highest BCUT2D eigenvalue weighted by atomic mass is 32.2. The van der Waals surface area contributed by atoms with E-state index in [1.165, 1.54) is 23.6 Å². The molecule has 1 aromatic heterocycles. The first-order valence-electron chi connectivity index (χ1n) is 6.80. The molecule has 12 heteroatoms. The average molecular weight is 426 g/mol. The number of allylic oxidation sites excluding steroid dienone is 1. The van der Waals surface area contributed by atoms with Crippen LogP contribution in [0.3, 0.4) is 0 Å². The number of thiophene rings is 1. The van der Waals surface area contributed by atoms with Crippen LogP contribution in [-0.2, 0) is 22.2 Å². The van der Waals surface area contributed by atoms with Gasteiger partial charge in [0.2, 0.25) is 9.84 Å². The van der Waals surface area contributed by atoms with Crippen LogP contribution in [0.1, 0.15) is 11.1 Å². The van der Waals surface area contributed by atoms with Gasteiger partial charge in [-0.2, -0.15) is 31.6 Å². The highest BCUT2D eigenvalue weighted by molar-refractivity contribution is 7.97. The van der Waals surface area contributed by atoms with Crippen LogP contribution in [0.4, 0.5) is 32.0 Å². The van der Waals surface area contributed by atoms with Crippen LogP contribution in [0.25, 0.3) is 0 Å². The molecule has 144 valence electrons. The standard InChI is InChI=1S/C15H8F6N2O2S2/c16-14(17,18)9-4-10(15(19,20)21)6-11(5-9)23-8-12(7-22)27(24,25)13-2-1-3-26-13/h1-6,8,23H/b12-8-. The van der Waals surface area contributed by atoms with E-state index in [-0.39, 0.29) is 10.3 Å². The maximum atomic E-state index is 12.8. The lowest BCUT2D eigenvalue weighted by atomic mass is 10.1. The fourth-order valence-electron chi connectivity index (χ4n) is 1.88. The predicted octanol–water partition coefficient (Wildman–Crippen LogP) is 5.04. The molecule has 2 aromatic rings. The molecule has 0 radical (unpaired) electrons. The molecular formula is C15H8F6N2O2S2. The van der Waals surface area contributed by atoms with Crippen molar-refractivity contribution in [2.24, 2.45) is 0 Å². The molecule has 1 aromatic carbocycles. The summed E-state index contributed by atoms with van der Waals surface area (Å²) in [6.45, 7) is 0. The molecule has 0 amide bonds. The van der Waals surface area contributed by atoms with Gasteiger partial charge in [-0.25, -0.2) is 8.42 Å². The number of halogens is 6. The topological polar surface area (TPSA) is 70.0 Å². The molecule has 4 nitrogen and oxygen atoms in total. The smallest absolute Gasteiger partial charge is 0.360 e. The van der Waals surface area contributed by atoms with E-state index in [4.69, 9.17) is 5.26 Å². The summed E-state index contributed by atoms with van der Waals surface area (Å²) in [5.41, 5.74) is -3.83. The van der Waals surface area contributed by atoms with Crippen LogP contribution >= 0.6 is 11.3 Å². The van der Waals surface area contributed by atoms with E-state index in [0.717, 1.165) is 11.3 Å². The van der Waals surface area contributed by atoms with Crippen molar-refractivity contribution in [2.45, 2.75) is 16.6 Å². The highest BCUT2D eigenvalue weighted by Gasteiger charge is 2.37. The van der Waals surface area contributed by atoms with Crippen LogP contribution in [0.2, 0.25) is 0 Å². The average Bonchev–Trinajstić information content (AvgIpc) is 3.08. The molecule has 0 aliphatic heterocycles. The van der Waals surface area contributed by atoms with E-state index in [9.17, 15) is 34.8 Å². The third kappa shape index (κ3) is 4.81. The number of anilines is 1. The van der Waals surface area contributed by atoms with Crippen molar-refractivity contribution in [3.05, 3.63) is 57.9 Å². The molecule has 0 aliphatic carbocycles. The van der Waals surface area contributed by atoms with Crippen molar-refractivity contribution in [1.82, 2.24) is 0 Å².